The summed E-state index contributed by atoms with van der Waals surface area (Å²) in [4.78, 5) is 67.2. The maximum Gasteiger partial charge on any atom is 0.251 e. The van der Waals surface area contributed by atoms with E-state index in [-0.39, 0.29) is 31.9 Å². The molecule has 0 saturated heterocycles. The van der Waals surface area contributed by atoms with Crippen molar-refractivity contribution in [3.05, 3.63) is 95.1 Å². The average molecular weight is 654 g/mol. The summed E-state index contributed by atoms with van der Waals surface area (Å²) in [6.45, 7) is 2.49. The summed E-state index contributed by atoms with van der Waals surface area (Å²) in [7, 11) is 0. The molecular formula is C36H39N5O7. The van der Waals surface area contributed by atoms with Gasteiger partial charge < -0.3 is 36.1 Å². The van der Waals surface area contributed by atoms with Crippen LogP contribution in [-0.2, 0) is 38.4 Å². The first-order chi connectivity index (χ1) is 23.2. The Morgan fingerprint density at radius 1 is 0.875 bits per heavy atom. The third-order valence-corrected chi connectivity index (χ3v) is 8.81. The van der Waals surface area contributed by atoms with Crippen LogP contribution in [-0.4, -0.2) is 73.0 Å². The number of benzene rings is 3. The maximum absolute atomic E-state index is 13.7. The van der Waals surface area contributed by atoms with E-state index in [2.05, 4.69) is 26.6 Å². The summed E-state index contributed by atoms with van der Waals surface area (Å²) >= 11 is 0. The summed E-state index contributed by atoms with van der Waals surface area (Å²) in [6, 6.07) is 18.3. The molecular weight excluding hydrogens is 614 g/mol. The van der Waals surface area contributed by atoms with E-state index in [1.165, 1.54) is 6.92 Å². The van der Waals surface area contributed by atoms with E-state index in [4.69, 9.17) is 9.47 Å². The molecule has 4 aliphatic rings. The summed E-state index contributed by atoms with van der Waals surface area (Å²) < 4.78 is 11.4. The standard InChI is InChI=1S/C36H39N5O7/c1-22-31(42)39-29(19-23-5-3-2-4-6-23)34(45)41-36(14-15-36)35(46)37-16-18-47-27-10-7-24(8-11-27)20-28(33(44)38-22)40-32(43)26-9-12-30-25(21-26)13-17-48-30/h2-12,21-22,28-29H,13-20H2,1H3,(H,37,46)(H,38,44)(H,39,42)(H,40,43)(H,41,45)/t22-,28-,29+/m0/s1. The van der Waals surface area contributed by atoms with Gasteiger partial charge in [0.2, 0.25) is 23.6 Å². The number of carbonyl (C=O) groups is 5. The third-order valence-electron chi connectivity index (χ3n) is 8.81. The molecule has 3 aliphatic heterocycles. The van der Waals surface area contributed by atoms with Gasteiger partial charge in [0.15, 0.2) is 0 Å². The van der Waals surface area contributed by atoms with Gasteiger partial charge in [-0.15, -0.1) is 0 Å². The van der Waals surface area contributed by atoms with Gasteiger partial charge in [0, 0.05) is 24.8 Å². The quantitative estimate of drug-likeness (QED) is 0.266. The number of nitrogens with one attached hydrogen (secondary N) is 5. The summed E-state index contributed by atoms with van der Waals surface area (Å²) in [5.41, 5.74) is 1.81. The van der Waals surface area contributed by atoms with Crippen molar-refractivity contribution in [2.45, 2.75) is 62.7 Å². The molecule has 1 fully saturated rings. The fourth-order valence-electron chi connectivity index (χ4n) is 5.83. The van der Waals surface area contributed by atoms with Crippen molar-refractivity contribution < 1.29 is 33.4 Å². The van der Waals surface area contributed by atoms with Gasteiger partial charge >= 0.3 is 0 Å². The lowest BCUT2D eigenvalue weighted by Crippen LogP contribution is -2.59. The van der Waals surface area contributed by atoms with E-state index in [1.54, 1.807) is 42.5 Å². The van der Waals surface area contributed by atoms with E-state index in [0.29, 0.717) is 37.2 Å². The predicted molar refractivity (Wildman–Crippen MR) is 175 cm³/mol. The fourth-order valence-corrected chi connectivity index (χ4v) is 5.83. The van der Waals surface area contributed by atoms with Crippen molar-refractivity contribution in [3.8, 4) is 11.5 Å². The molecule has 3 aromatic rings. The van der Waals surface area contributed by atoms with Crippen molar-refractivity contribution >= 4 is 29.5 Å². The Balaban J connectivity index is 1.23. The first kappa shape index (κ1) is 32.5. The summed E-state index contributed by atoms with van der Waals surface area (Å²) in [6.07, 6.45) is 1.94. The van der Waals surface area contributed by atoms with Crippen LogP contribution in [0.3, 0.4) is 0 Å². The minimum Gasteiger partial charge on any atom is -0.493 e. The zero-order valence-electron chi connectivity index (χ0n) is 26.7. The van der Waals surface area contributed by atoms with Crippen molar-refractivity contribution in [1.82, 2.24) is 26.6 Å². The van der Waals surface area contributed by atoms with E-state index < -0.39 is 47.3 Å². The van der Waals surface area contributed by atoms with Crippen molar-refractivity contribution in [3.63, 3.8) is 0 Å². The Hall–Kier alpha value is -5.39. The molecule has 5 amide bonds. The second kappa shape index (κ2) is 14.2. The Morgan fingerprint density at radius 2 is 1.65 bits per heavy atom. The fraction of sp³-hybridized carbons (Fsp3) is 0.361. The molecule has 0 aromatic heterocycles. The number of amides is 5. The van der Waals surface area contributed by atoms with Crippen LogP contribution in [0.5, 0.6) is 11.5 Å². The molecule has 12 nitrogen and oxygen atoms in total. The predicted octanol–water partition coefficient (Wildman–Crippen LogP) is 1.35. The van der Waals surface area contributed by atoms with Gasteiger partial charge in [-0.25, -0.2) is 0 Å². The van der Waals surface area contributed by atoms with Crippen LogP contribution in [0.2, 0.25) is 0 Å². The highest BCUT2D eigenvalue weighted by Crippen LogP contribution is 2.35. The Bertz CT molecular complexity index is 1690. The highest BCUT2D eigenvalue weighted by Gasteiger charge is 2.51. The lowest BCUT2D eigenvalue weighted by atomic mass is 10.0. The van der Waals surface area contributed by atoms with Crippen LogP contribution in [0.4, 0.5) is 0 Å². The second-order valence-corrected chi connectivity index (χ2v) is 12.5. The van der Waals surface area contributed by atoms with E-state index in [1.807, 2.05) is 30.3 Å². The highest BCUT2D eigenvalue weighted by molar-refractivity contribution is 6.00. The van der Waals surface area contributed by atoms with Gasteiger partial charge in [-0.2, -0.15) is 0 Å². The zero-order chi connectivity index (χ0) is 33.7. The molecule has 2 bridgehead atoms. The molecule has 12 heteroatoms. The number of rotatable bonds is 4. The van der Waals surface area contributed by atoms with Gasteiger partial charge in [-0.05, 0) is 66.8 Å². The summed E-state index contributed by atoms with van der Waals surface area (Å²) in [5.74, 6) is -1.10. The van der Waals surface area contributed by atoms with Crippen LogP contribution in [0, 0.1) is 0 Å². The number of ether oxygens (including phenoxy) is 2. The minimum absolute atomic E-state index is 0.136. The normalized spacial score (nSPS) is 22.6. The average Bonchev–Trinajstić information content (AvgIpc) is 3.72. The van der Waals surface area contributed by atoms with E-state index >= 15 is 0 Å². The van der Waals surface area contributed by atoms with Crippen molar-refractivity contribution in [2.75, 3.05) is 19.8 Å². The number of hydrogen-bond donors (Lipinski definition) is 5. The molecule has 1 aliphatic carbocycles. The largest absolute Gasteiger partial charge is 0.493 e. The molecule has 3 heterocycles. The minimum atomic E-state index is -1.06. The second-order valence-electron chi connectivity index (χ2n) is 12.5. The highest BCUT2D eigenvalue weighted by atomic mass is 16.5. The molecule has 3 aromatic carbocycles. The van der Waals surface area contributed by atoms with Crippen molar-refractivity contribution in [1.29, 1.82) is 0 Å². The SMILES string of the molecule is C[C@@H]1NC(=O)[C@@H](NC(=O)c2ccc3c(c2)CCO3)Cc2ccc(cc2)OCCNC(=O)C2(CC2)NC(=O)[C@@H](Cc2ccccc2)NC1=O. The van der Waals surface area contributed by atoms with Crippen LogP contribution < -0.4 is 36.1 Å². The van der Waals surface area contributed by atoms with Crippen LogP contribution in [0.15, 0.2) is 72.8 Å². The molecule has 3 atom stereocenters. The molecule has 48 heavy (non-hydrogen) atoms. The van der Waals surface area contributed by atoms with Gasteiger partial charge in [0.1, 0.15) is 41.8 Å². The van der Waals surface area contributed by atoms with Crippen molar-refractivity contribution in [2.24, 2.45) is 0 Å². The Morgan fingerprint density at radius 3 is 2.40 bits per heavy atom. The van der Waals surface area contributed by atoms with Gasteiger partial charge in [-0.1, -0.05) is 42.5 Å². The monoisotopic (exact) mass is 653 g/mol. The molecule has 7 rings (SSSR count). The lowest BCUT2D eigenvalue weighted by Gasteiger charge is -2.25. The maximum atomic E-state index is 13.7. The van der Waals surface area contributed by atoms with E-state index in [9.17, 15) is 24.0 Å². The number of hydrogen-bond acceptors (Lipinski definition) is 7. The first-order valence-corrected chi connectivity index (χ1v) is 16.2. The smallest absolute Gasteiger partial charge is 0.251 e. The van der Waals surface area contributed by atoms with E-state index in [0.717, 1.165) is 22.4 Å². The topological polar surface area (TPSA) is 164 Å². The molecule has 5 N–H and O–H groups in total. The van der Waals surface area contributed by atoms with Gasteiger partial charge in [0.05, 0.1) is 13.2 Å². The molecule has 0 radical (unpaired) electrons. The van der Waals surface area contributed by atoms with Crippen LogP contribution in [0.25, 0.3) is 0 Å². The van der Waals surface area contributed by atoms with Gasteiger partial charge in [0.25, 0.3) is 5.91 Å². The first-order valence-electron chi connectivity index (χ1n) is 16.2. The number of carbonyl (C=O) groups excluding carboxylic acids is 5. The van der Waals surface area contributed by atoms with Gasteiger partial charge in [-0.3, -0.25) is 24.0 Å². The van der Waals surface area contributed by atoms with Crippen LogP contribution in [0.1, 0.15) is 46.8 Å². The lowest BCUT2D eigenvalue weighted by molar-refractivity contribution is -0.134. The molecule has 250 valence electrons. The molecule has 1 spiro atoms. The Kier molecular flexibility index (Phi) is 9.60. The van der Waals surface area contributed by atoms with Crippen LogP contribution >= 0.6 is 0 Å². The third kappa shape index (κ3) is 7.76. The molecule has 1 saturated carbocycles. The Labute approximate surface area is 278 Å². The zero-order valence-corrected chi connectivity index (χ0v) is 26.7. The molecule has 0 unspecified atom stereocenters. The summed E-state index contributed by atoms with van der Waals surface area (Å²) in [5, 5.41) is 14.0. The number of fused-ring (bicyclic) bond motifs is 16.